The Morgan fingerprint density at radius 3 is 2.85 bits per heavy atom. The molecule has 2 nitrogen and oxygen atoms in total. The van der Waals surface area contributed by atoms with Gasteiger partial charge < -0.3 is 9.64 Å². The van der Waals surface area contributed by atoms with Crippen molar-refractivity contribution in [3.8, 4) is 0 Å². The van der Waals surface area contributed by atoms with Crippen molar-refractivity contribution in [1.29, 1.82) is 0 Å². The van der Waals surface area contributed by atoms with E-state index >= 15 is 0 Å². The fraction of sp³-hybridized carbons (Fsp3) is 0.556. The van der Waals surface area contributed by atoms with Crippen LogP contribution in [0.3, 0.4) is 0 Å². The van der Waals surface area contributed by atoms with E-state index in [1.165, 1.54) is 9.35 Å². The molecule has 13 heavy (non-hydrogen) atoms. The molecule has 4 heteroatoms. The average molecular weight is 263 g/mol. The highest BCUT2D eigenvalue weighted by Crippen LogP contribution is 2.18. The molecule has 1 fully saturated rings. The molecule has 0 spiro atoms. The first-order chi connectivity index (χ1) is 6.34. The molecular weight excluding hydrogens is 250 g/mol. The van der Waals surface area contributed by atoms with Crippen molar-refractivity contribution < 1.29 is 9.64 Å². The van der Waals surface area contributed by atoms with Gasteiger partial charge in [-0.2, -0.15) is 0 Å². The zero-order chi connectivity index (χ0) is 9.10. The Bertz CT molecular complexity index is 270. The number of thiophene rings is 1. The Morgan fingerprint density at radius 1 is 1.46 bits per heavy atom. The summed E-state index contributed by atoms with van der Waals surface area (Å²) >= 11 is 5.31. The zero-order valence-corrected chi connectivity index (χ0v) is 9.79. The molecule has 0 bridgehead atoms. The summed E-state index contributed by atoms with van der Waals surface area (Å²) in [7, 11) is 0. The lowest BCUT2D eigenvalue weighted by Gasteiger charge is -2.22. The molecule has 1 aromatic heterocycles. The summed E-state index contributed by atoms with van der Waals surface area (Å²) in [5.41, 5.74) is 0. The molecule has 72 valence electrons. The molecule has 1 aliphatic heterocycles. The molecule has 0 amide bonds. The number of morpholine rings is 1. The molecule has 0 unspecified atom stereocenters. The smallest absolute Gasteiger partial charge is 0.112 e. The van der Waals surface area contributed by atoms with Crippen molar-refractivity contribution >= 4 is 27.3 Å². The third-order valence-electron chi connectivity index (χ3n) is 2.25. The second-order valence-electron chi connectivity index (χ2n) is 3.27. The third-order valence-corrected chi connectivity index (χ3v) is 3.94. The molecule has 2 heterocycles. The Balaban J connectivity index is 1.89. The van der Waals surface area contributed by atoms with Gasteiger partial charge in [-0.3, -0.25) is 0 Å². The largest absolute Gasteiger partial charge is 0.370 e. The van der Waals surface area contributed by atoms with Gasteiger partial charge in [-0.05, 0) is 22.0 Å². The summed E-state index contributed by atoms with van der Waals surface area (Å²) in [6.45, 7) is 5.29. The summed E-state index contributed by atoms with van der Waals surface area (Å²) in [5.74, 6) is 0. The Kier molecular flexibility index (Phi) is 3.38. The molecule has 0 saturated carbocycles. The van der Waals surface area contributed by atoms with Crippen molar-refractivity contribution in [3.63, 3.8) is 0 Å². The quantitative estimate of drug-likeness (QED) is 0.838. The molecule has 1 aromatic rings. The maximum Gasteiger partial charge on any atom is 0.112 e. The van der Waals surface area contributed by atoms with Crippen LogP contribution in [0.15, 0.2) is 15.9 Å². The first-order valence-electron chi connectivity index (χ1n) is 4.49. The van der Waals surface area contributed by atoms with E-state index in [0.29, 0.717) is 0 Å². The van der Waals surface area contributed by atoms with Crippen molar-refractivity contribution in [1.82, 2.24) is 0 Å². The van der Waals surface area contributed by atoms with Crippen LogP contribution in [-0.4, -0.2) is 26.3 Å². The van der Waals surface area contributed by atoms with Crippen molar-refractivity contribution in [2.45, 2.75) is 6.54 Å². The lowest BCUT2D eigenvalue weighted by molar-refractivity contribution is -0.921. The van der Waals surface area contributed by atoms with Gasteiger partial charge in [0, 0.05) is 9.85 Å². The summed E-state index contributed by atoms with van der Waals surface area (Å²) < 4.78 is 6.52. The van der Waals surface area contributed by atoms with Gasteiger partial charge in [0.2, 0.25) is 0 Å². The summed E-state index contributed by atoms with van der Waals surface area (Å²) in [4.78, 5) is 3.10. The van der Waals surface area contributed by atoms with Crippen LogP contribution >= 0.6 is 27.3 Å². The number of halogens is 1. The Labute approximate surface area is 90.6 Å². The first-order valence-corrected chi connectivity index (χ1v) is 6.16. The standard InChI is InChI=1S/C9H12BrNOS/c10-8-5-9(13-7-8)6-11-1-3-12-4-2-11/h5,7H,1-4,6H2/p+1. The Morgan fingerprint density at radius 2 is 2.23 bits per heavy atom. The minimum atomic E-state index is 0.919. The minimum absolute atomic E-state index is 0.919. The number of hydrogen-bond donors (Lipinski definition) is 1. The first kappa shape index (κ1) is 9.65. The van der Waals surface area contributed by atoms with Crippen LogP contribution in [-0.2, 0) is 11.3 Å². The molecule has 0 atom stereocenters. The van der Waals surface area contributed by atoms with Crippen LogP contribution < -0.4 is 4.90 Å². The van der Waals surface area contributed by atoms with Crippen LogP contribution in [0.2, 0.25) is 0 Å². The molecule has 2 rings (SSSR count). The van der Waals surface area contributed by atoms with Gasteiger partial charge in [0.25, 0.3) is 0 Å². The molecule has 1 saturated heterocycles. The minimum Gasteiger partial charge on any atom is -0.370 e. The Hall–Kier alpha value is 0.1000. The summed E-state index contributed by atoms with van der Waals surface area (Å²) in [5, 5.41) is 2.15. The van der Waals surface area contributed by atoms with E-state index in [0.717, 1.165) is 32.8 Å². The van der Waals surface area contributed by atoms with Crippen LogP contribution in [0.1, 0.15) is 4.88 Å². The van der Waals surface area contributed by atoms with Gasteiger partial charge in [-0.25, -0.2) is 0 Å². The highest BCUT2D eigenvalue weighted by molar-refractivity contribution is 9.10. The fourth-order valence-corrected chi connectivity index (χ4v) is 3.05. The lowest BCUT2D eigenvalue weighted by atomic mass is 10.4. The predicted octanol–water partition coefficient (Wildman–Crippen LogP) is 0.926. The van der Waals surface area contributed by atoms with E-state index in [2.05, 4.69) is 27.4 Å². The topological polar surface area (TPSA) is 13.7 Å². The molecule has 0 radical (unpaired) electrons. The molecule has 1 N–H and O–H groups in total. The number of nitrogens with one attached hydrogen (secondary N) is 1. The van der Waals surface area contributed by atoms with Gasteiger partial charge in [-0.15, -0.1) is 11.3 Å². The summed E-state index contributed by atoms with van der Waals surface area (Å²) in [6, 6.07) is 2.22. The molecule has 1 aliphatic rings. The average Bonchev–Trinajstić information content (AvgIpc) is 2.53. The van der Waals surface area contributed by atoms with Crippen LogP contribution in [0.5, 0.6) is 0 Å². The van der Waals surface area contributed by atoms with E-state index in [1.54, 1.807) is 4.90 Å². The van der Waals surface area contributed by atoms with Gasteiger partial charge in [0.1, 0.15) is 19.6 Å². The molecular formula is C9H13BrNOS+. The normalized spacial score (nSPS) is 19.2. The fourth-order valence-electron chi connectivity index (χ4n) is 1.53. The second kappa shape index (κ2) is 4.55. The van der Waals surface area contributed by atoms with Crippen molar-refractivity contribution in [3.05, 3.63) is 20.8 Å². The number of quaternary nitrogens is 1. The third kappa shape index (κ3) is 2.77. The van der Waals surface area contributed by atoms with E-state index < -0.39 is 0 Å². The summed E-state index contributed by atoms with van der Waals surface area (Å²) in [6.07, 6.45) is 0. The van der Waals surface area contributed by atoms with Crippen LogP contribution in [0, 0.1) is 0 Å². The number of rotatable bonds is 2. The van der Waals surface area contributed by atoms with Crippen LogP contribution in [0.25, 0.3) is 0 Å². The monoisotopic (exact) mass is 262 g/mol. The predicted molar refractivity (Wildman–Crippen MR) is 57.2 cm³/mol. The van der Waals surface area contributed by atoms with E-state index in [4.69, 9.17) is 4.74 Å². The second-order valence-corrected chi connectivity index (χ2v) is 5.18. The lowest BCUT2D eigenvalue weighted by Crippen LogP contribution is -3.12. The number of ether oxygens (including phenoxy) is 1. The van der Waals surface area contributed by atoms with E-state index in [9.17, 15) is 0 Å². The molecule has 0 aliphatic carbocycles. The van der Waals surface area contributed by atoms with Gasteiger partial charge in [-0.1, -0.05) is 0 Å². The van der Waals surface area contributed by atoms with Gasteiger partial charge in [0.05, 0.1) is 18.1 Å². The SMILES string of the molecule is Brc1csc(C[NH+]2CCOCC2)c1. The van der Waals surface area contributed by atoms with Gasteiger partial charge in [0.15, 0.2) is 0 Å². The highest BCUT2D eigenvalue weighted by Gasteiger charge is 2.14. The number of hydrogen-bond acceptors (Lipinski definition) is 2. The van der Waals surface area contributed by atoms with Crippen molar-refractivity contribution in [2.75, 3.05) is 26.3 Å². The maximum atomic E-state index is 5.32. The van der Waals surface area contributed by atoms with Crippen molar-refractivity contribution in [2.24, 2.45) is 0 Å². The van der Waals surface area contributed by atoms with E-state index in [-0.39, 0.29) is 0 Å². The highest BCUT2D eigenvalue weighted by atomic mass is 79.9. The maximum absolute atomic E-state index is 5.32. The van der Waals surface area contributed by atoms with E-state index in [1.807, 2.05) is 11.3 Å². The zero-order valence-electron chi connectivity index (χ0n) is 7.38. The van der Waals surface area contributed by atoms with Crippen LogP contribution in [0.4, 0.5) is 0 Å². The molecule has 0 aromatic carbocycles. The van der Waals surface area contributed by atoms with Gasteiger partial charge >= 0.3 is 0 Å².